The standard InChI is InChI=1S/C23H29N3O4S2/c1-4-30-22(29)19-6-5-11-26(12-19)20(27)13-25(3)21(28)18-9-7-17(8-10-18)15-32-23-24-16(2)14-31-23/h7-10,14,19H,4-6,11-13,15H2,1-3H3. The molecule has 1 atom stereocenters. The van der Waals surface area contributed by atoms with Crippen molar-refractivity contribution in [3.8, 4) is 0 Å². The van der Waals surface area contributed by atoms with Crippen molar-refractivity contribution in [1.29, 1.82) is 0 Å². The van der Waals surface area contributed by atoms with Crippen molar-refractivity contribution >= 4 is 40.9 Å². The van der Waals surface area contributed by atoms with Crippen LogP contribution in [0.15, 0.2) is 34.0 Å². The highest BCUT2D eigenvalue weighted by Crippen LogP contribution is 2.26. The Balaban J connectivity index is 1.51. The molecular weight excluding hydrogens is 446 g/mol. The Morgan fingerprint density at radius 3 is 2.69 bits per heavy atom. The van der Waals surface area contributed by atoms with E-state index in [1.54, 1.807) is 54.1 Å². The lowest BCUT2D eigenvalue weighted by Crippen LogP contribution is -2.47. The van der Waals surface area contributed by atoms with Crippen LogP contribution in [0.1, 0.15) is 41.4 Å². The summed E-state index contributed by atoms with van der Waals surface area (Å²) >= 11 is 3.30. The molecule has 0 aliphatic carbocycles. The number of rotatable bonds is 8. The van der Waals surface area contributed by atoms with Crippen LogP contribution in [0.2, 0.25) is 0 Å². The lowest BCUT2D eigenvalue weighted by atomic mass is 9.98. The molecule has 0 bridgehead atoms. The molecule has 2 amide bonds. The van der Waals surface area contributed by atoms with Crippen LogP contribution in [0, 0.1) is 12.8 Å². The second-order valence-corrected chi connectivity index (χ2v) is 9.91. The summed E-state index contributed by atoms with van der Waals surface area (Å²) in [5, 5.41) is 2.03. The van der Waals surface area contributed by atoms with Crippen molar-refractivity contribution in [1.82, 2.24) is 14.8 Å². The SMILES string of the molecule is CCOC(=O)C1CCCN(C(=O)CN(C)C(=O)c2ccc(CSc3nc(C)cs3)cc2)C1. The zero-order valence-electron chi connectivity index (χ0n) is 18.7. The third-order valence-corrected chi connectivity index (χ3v) is 7.48. The molecule has 0 radical (unpaired) electrons. The molecule has 0 spiro atoms. The molecule has 1 aromatic heterocycles. The molecule has 9 heteroatoms. The van der Waals surface area contributed by atoms with E-state index in [0.29, 0.717) is 25.3 Å². The highest BCUT2D eigenvalue weighted by Gasteiger charge is 2.30. The first-order valence-electron chi connectivity index (χ1n) is 10.7. The van der Waals surface area contributed by atoms with E-state index < -0.39 is 0 Å². The van der Waals surface area contributed by atoms with Crippen LogP contribution >= 0.6 is 23.1 Å². The van der Waals surface area contributed by atoms with Crippen molar-refractivity contribution in [3.63, 3.8) is 0 Å². The molecule has 0 N–H and O–H groups in total. The number of aromatic nitrogens is 1. The largest absolute Gasteiger partial charge is 0.466 e. The van der Waals surface area contributed by atoms with E-state index in [1.165, 1.54) is 4.90 Å². The highest BCUT2D eigenvalue weighted by molar-refractivity contribution is 8.00. The fourth-order valence-electron chi connectivity index (χ4n) is 3.54. The van der Waals surface area contributed by atoms with Gasteiger partial charge in [0, 0.05) is 42.5 Å². The number of piperidine rings is 1. The monoisotopic (exact) mass is 475 g/mol. The maximum atomic E-state index is 12.8. The first-order chi connectivity index (χ1) is 15.4. The van der Waals surface area contributed by atoms with Gasteiger partial charge in [0.05, 0.1) is 19.1 Å². The van der Waals surface area contributed by atoms with Crippen LogP contribution in [-0.2, 0) is 20.1 Å². The fraction of sp³-hybridized carbons (Fsp3) is 0.478. The number of carbonyl (C=O) groups excluding carboxylic acids is 3. The number of thioether (sulfide) groups is 1. The molecule has 1 aromatic carbocycles. The van der Waals surface area contributed by atoms with Crippen molar-refractivity contribution in [2.75, 3.05) is 33.3 Å². The van der Waals surface area contributed by atoms with Crippen LogP contribution in [0.4, 0.5) is 0 Å². The van der Waals surface area contributed by atoms with Gasteiger partial charge in [0.2, 0.25) is 5.91 Å². The molecule has 7 nitrogen and oxygen atoms in total. The lowest BCUT2D eigenvalue weighted by molar-refractivity contribution is -0.151. The van der Waals surface area contributed by atoms with Crippen molar-refractivity contribution in [3.05, 3.63) is 46.5 Å². The predicted molar refractivity (Wildman–Crippen MR) is 126 cm³/mol. The summed E-state index contributed by atoms with van der Waals surface area (Å²) in [5.74, 6) is -0.106. The Morgan fingerprint density at radius 2 is 2.03 bits per heavy atom. The Labute approximate surface area is 197 Å². The molecule has 1 aliphatic heterocycles. The number of ether oxygens (including phenoxy) is 1. The molecule has 2 heterocycles. The summed E-state index contributed by atoms with van der Waals surface area (Å²) in [6, 6.07) is 7.46. The normalized spacial score (nSPS) is 16.0. The smallest absolute Gasteiger partial charge is 0.310 e. The number of thiazole rings is 1. The third kappa shape index (κ3) is 6.56. The molecule has 1 unspecified atom stereocenters. The summed E-state index contributed by atoms with van der Waals surface area (Å²) < 4.78 is 6.13. The van der Waals surface area contributed by atoms with Gasteiger partial charge in [0.25, 0.3) is 5.91 Å². The van der Waals surface area contributed by atoms with Gasteiger partial charge in [-0.25, -0.2) is 4.98 Å². The van der Waals surface area contributed by atoms with Gasteiger partial charge in [0.15, 0.2) is 0 Å². The van der Waals surface area contributed by atoms with E-state index in [4.69, 9.17) is 4.74 Å². The first kappa shape index (κ1) is 24.3. The van der Waals surface area contributed by atoms with E-state index in [9.17, 15) is 14.4 Å². The van der Waals surface area contributed by atoms with E-state index in [2.05, 4.69) is 4.98 Å². The highest BCUT2D eigenvalue weighted by atomic mass is 32.2. The summed E-state index contributed by atoms with van der Waals surface area (Å²) in [7, 11) is 1.63. The van der Waals surface area contributed by atoms with Gasteiger partial charge < -0.3 is 14.5 Å². The number of carbonyl (C=O) groups is 3. The number of hydrogen-bond donors (Lipinski definition) is 0. The van der Waals surface area contributed by atoms with Gasteiger partial charge in [-0.1, -0.05) is 23.9 Å². The number of aryl methyl sites for hydroxylation is 1. The molecule has 172 valence electrons. The van der Waals surface area contributed by atoms with Crippen LogP contribution < -0.4 is 0 Å². The maximum absolute atomic E-state index is 12.8. The van der Waals surface area contributed by atoms with E-state index in [0.717, 1.165) is 34.2 Å². The Kier molecular flexibility index (Phi) is 8.69. The van der Waals surface area contributed by atoms with Gasteiger partial charge in [-0.3, -0.25) is 14.4 Å². The van der Waals surface area contributed by atoms with E-state index in [1.807, 2.05) is 24.4 Å². The zero-order valence-corrected chi connectivity index (χ0v) is 20.3. The molecule has 1 saturated heterocycles. The summed E-state index contributed by atoms with van der Waals surface area (Å²) in [5.41, 5.74) is 2.68. The van der Waals surface area contributed by atoms with Gasteiger partial charge in [-0.2, -0.15) is 0 Å². The van der Waals surface area contributed by atoms with Crippen LogP contribution in [0.25, 0.3) is 0 Å². The predicted octanol–water partition coefficient (Wildman–Crippen LogP) is 3.62. The average Bonchev–Trinajstić information content (AvgIpc) is 3.22. The van der Waals surface area contributed by atoms with Gasteiger partial charge in [-0.05, 0) is 44.4 Å². The number of benzene rings is 1. The summed E-state index contributed by atoms with van der Waals surface area (Å²) in [6.07, 6.45) is 1.48. The number of hydrogen-bond acceptors (Lipinski definition) is 7. The van der Waals surface area contributed by atoms with E-state index >= 15 is 0 Å². The number of esters is 1. The zero-order chi connectivity index (χ0) is 23.1. The number of amides is 2. The summed E-state index contributed by atoms with van der Waals surface area (Å²) in [6.45, 7) is 5.02. The molecule has 1 fully saturated rings. The Morgan fingerprint density at radius 1 is 1.28 bits per heavy atom. The average molecular weight is 476 g/mol. The lowest BCUT2D eigenvalue weighted by Gasteiger charge is -2.32. The molecular formula is C23H29N3O4S2. The quantitative estimate of drug-likeness (QED) is 0.429. The van der Waals surface area contributed by atoms with Gasteiger partial charge in [-0.15, -0.1) is 11.3 Å². The third-order valence-electron chi connectivity index (χ3n) is 5.27. The second kappa shape index (κ2) is 11.5. The minimum absolute atomic E-state index is 0.0185. The Bertz CT molecular complexity index is 945. The second-order valence-electron chi connectivity index (χ2n) is 7.83. The molecule has 3 rings (SSSR count). The number of nitrogens with zero attached hydrogens (tertiary/aromatic N) is 3. The number of likely N-dealkylation sites (N-methyl/N-ethyl adjacent to an activating group) is 1. The fourth-order valence-corrected chi connectivity index (χ4v) is 5.34. The topological polar surface area (TPSA) is 79.8 Å². The summed E-state index contributed by atoms with van der Waals surface area (Å²) in [4.78, 5) is 45.0. The molecule has 32 heavy (non-hydrogen) atoms. The van der Waals surface area contributed by atoms with Gasteiger partial charge in [0.1, 0.15) is 4.34 Å². The molecule has 2 aromatic rings. The van der Waals surface area contributed by atoms with Gasteiger partial charge >= 0.3 is 5.97 Å². The Hall–Kier alpha value is -2.39. The van der Waals surface area contributed by atoms with Crippen molar-refractivity contribution in [2.24, 2.45) is 5.92 Å². The van der Waals surface area contributed by atoms with Crippen LogP contribution in [0.3, 0.4) is 0 Å². The minimum atomic E-state index is -0.285. The van der Waals surface area contributed by atoms with Crippen molar-refractivity contribution in [2.45, 2.75) is 36.8 Å². The maximum Gasteiger partial charge on any atom is 0.310 e. The van der Waals surface area contributed by atoms with Crippen molar-refractivity contribution < 1.29 is 19.1 Å². The van der Waals surface area contributed by atoms with Crippen LogP contribution in [-0.4, -0.2) is 65.9 Å². The minimum Gasteiger partial charge on any atom is -0.466 e. The molecule has 0 saturated carbocycles. The van der Waals surface area contributed by atoms with E-state index in [-0.39, 0.29) is 30.2 Å². The van der Waals surface area contributed by atoms with Crippen LogP contribution in [0.5, 0.6) is 0 Å². The first-order valence-corrected chi connectivity index (χ1v) is 12.6. The molecule has 1 aliphatic rings. The number of likely N-dealkylation sites (tertiary alicyclic amines) is 1.